The van der Waals surface area contributed by atoms with Crippen LogP contribution in [0, 0.1) is 5.41 Å². The van der Waals surface area contributed by atoms with Gasteiger partial charge in [-0.2, -0.15) is 27.1 Å². The average molecular weight is 659 g/mol. The van der Waals surface area contributed by atoms with E-state index in [1.54, 1.807) is 6.92 Å². The Morgan fingerprint density at radius 1 is 1.23 bits per heavy atom. The van der Waals surface area contributed by atoms with Crippen molar-refractivity contribution in [2.75, 3.05) is 19.3 Å². The van der Waals surface area contributed by atoms with E-state index < -0.39 is 63.5 Å². The average Bonchev–Trinajstić information content (AvgIpc) is 3.21. The fourth-order valence-corrected chi connectivity index (χ4v) is 6.15. The van der Waals surface area contributed by atoms with Crippen molar-refractivity contribution in [2.45, 2.75) is 70.7 Å². The van der Waals surface area contributed by atoms with Gasteiger partial charge in [-0.15, -0.1) is 0 Å². The molecule has 1 aliphatic heterocycles. The molecule has 0 spiro atoms. The number of piperidine rings is 1. The van der Waals surface area contributed by atoms with Crippen LogP contribution in [0.15, 0.2) is 18.2 Å². The van der Waals surface area contributed by atoms with Crippen LogP contribution in [-0.4, -0.2) is 83.6 Å². The fourth-order valence-electron chi connectivity index (χ4n) is 4.83. The topological polar surface area (TPSA) is 131 Å². The van der Waals surface area contributed by atoms with Crippen molar-refractivity contribution in [3.8, 4) is 17.0 Å². The van der Waals surface area contributed by atoms with Crippen LogP contribution < -0.4 is 10.1 Å². The Bertz CT molecular complexity index is 1460. The van der Waals surface area contributed by atoms with Gasteiger partial charge in [-0.25, -0.2) is 13.2 Å². The first-order valence-corrected chi connectivity index (χ1v) is 15.5. The lowest BCUT2D eigenvalue weighted by molar-refractivity contribution is -0.211. The second-order valence-electron chi connectivity index (χ2n) is 10.9. The molecule has 1 aromatic heterocycles. The van der Waals surface area contributed by atoms with Crippen molar-refractivity contribution >= 4 is 33.4 Å². The van der Waals surface area contributed by atoms with Crippen molar-refractivity contribution < 1.29 is 49.8 Å². The van der Waals surface area contributed by atoms with Crippen molar-refractivity contribution in [1.29, 1.82) is 0 Å². The summed E-state index contributed by atoms with van der Waals surface area (Å²) in [6, 6.07) is 2.91. The lowest BCUT2D eigenvalue weighted by atomic mass is 9.84. The van der Waals surface area contributed by atoms with Gasteiger partial charge in [-0.1, -0.05) is 31.5 Å². The summed E-state index contributed by atoms with van der Waals surface area (Å²) in [5.41, 5.74) is -2.43. The zero-order chi connectivity index (χ0) is 32.5. The molecule has 0 saturated carbocycles. The molecule has 43 heavy (non-hydrogen) atoms. The summed E-state index contributed by atoms with van der Waals surface area (Å²) in [4.78, 5) is 25.8. The lowest BCUT2D eigenvalue weighted by Crippen LogP contribution is -2.54. The maximum absolute atomic E-state index is 13.4. The van der Waals surface area contributed by atoms with E-state index in [9.17, 15) is 45.1 Å². The predicted octanol–water partition coefficient (Wildman–Crippen LogP) is 5.24. The van der Waals surface area contributed by atoms with E-state index in [0.29, 0.717) is 0 Å². The van der Waals surface area contributed by atoms with E-state index in [4.69, 9.17) is 11.6 Å². The number of rotatable bonds is 10. The third-order valence-corrected chi connectivity index (χ3v) is 9.31. The van der Waals surface area contributed by atoms with Crippen LogP contribution in [0.4, 0.5) is 26.7 Å². The van der Waals surface area contributed by atoms with Gasteiger partial charge in [0.2, 0.25) is 0 Å². The standard InChI is InChI=1S/C26H32ClF5N4O6S/c1-5-36-21(17-9-6-14(10-18(17)42-23(28)29)11-25(2,3)26(30,31)32)19(27)20(34-36)22(37)33-12-15-7-8-16(43(4,40)41)13-35(15)24(38)39/h6,9-10,15-16,23H,5,7-8,11-13H2,1-4H3,(H,33,37)(H,38,39)/t15-,16+/m0/s1. The van der Waals surface area contributed by atoms with Crippen LogP contribution in [0.1, 0.15) is 49.7 Å². The number of carbonyl (C=O) groups is 2. The maximum atomic E-state index is 13.4. The molecule has 1 aromatic carbocycles. The van der Waals surface area contributed by atoms with E-state index in [1.165, 1.54) is 16.8 Å². The van der Waals surface area contributed by atoms with E-state index in [2.05, 4.69) is 15.2 Å². The number of aromatic nitrogens is 2. The molecule has 0 bridgehead atoms. The van der Waals surface area contributed by atoms with Crippen molar-refractivity contribution in [1.82, 2.24) is 20.0 Å². The van der Waals surface area contributed by atoms with Gasteiger partial charge in [0.05, 0.1) is 27.4 Å². The summed E-state index contributed by atoms with van der Waals surface area (Å²) in [6.45, 7) is -0.0536. The van der Waals surface area contributed by atoms with Crippen LogP contribution in [-0.2, 0) is 22.8 Å². The minimum Gasteiger partial charge on any atom is -0.465 e. The number of likely N-dealkylation sites (tertiary alicyclic amines) is 1. The van der Waals surface area contributed by atoms with Gasteiger partial charge in [-0.3, -0.25) is 9.48 Å². The molecule has 1 saturated heterocycles. The number of benzene rings is 1. The molecule has 1 fully saturated rings. The minimum absolute atomic E-state index is 0.00687. The normalized spacial score (nSPS) is 18.2. The molecule has 3 rings (SSSR count). The number of sulfone groups is 1. The highest BCUT2D eigenvalue weighted by molar-refractivity contribution is 7.91. The Hall–Kier alpha value is -3.14. The highest BCUT2D eigenvalue weighted by atomic mass is 35.5. The van der Waals surface area contributed by atoms with E-state index in [-0.39, 0.29) is 60.0 Å². The van der Waals surface area contributed by atoms with E-state index in [1.807, 2.05) is 0 Å². The first-order chi connectivity index (χ1) is 19.8. The van der Waals surface area contributed by atoms with Gasteiger partial charge < -0.3 is 20.1 Å². The molecule has 0 aliphatic carbocycles. The molecule has 0 radical (unpaired) electrons. The second-order valence-corrected chi connectivity index (χ2v) is 13.6. The molecule has 2 heterocycles. The number of carbonyl (C=O) groups excluding carboxylic acids is 1. The lowest BCUT2D eigenvalue weighted by Gasteiger charge is -2.37. The number of nitrogens with zero attached hydrogens (tertiary/aromatic N) is 3. The quantitative estimate of drug-likeness (QED) is 0.334. The molecule has 2 atom stereocenters. The summed E-state index contributed by atoms with van der Waals surface area (Å²) < 4.78 is 96.7. The Balaban J connectivity index is 1.91. The highest BCUT2D eigenvalue weighted by Gasteiger charge is 2.47. The largest absolute Gasteiger partial charge is 0.465 e. The van der Waals surface area contributed by atoms with Gasteiger partial charge in [0, 0.05) is 31.5 Å². The van der Waals surface area contributed by atoms with Gasteiger partial charge in [-0.05, 0) is 43.9 Å². The van der Waals surface area contributed by atoms with Crippen LogP contribution in [0.25, 0.3) is 11.3 Å². The summed E-state index contributed by atoms with van der Waals surface area (Å²) in [6.07, 6.45) is -5.05. The number of alkyl halides is 5. The first kappa shape index (κ1) is 34.4. The zero-order valence-electron chi connectivity index (χ0n) is 23.7. The zero-order valence-corrected chi connectivity index (χ0v) is 25.3. The van der Waals surface area contributed by atoms with Gasteiger partial charge in [0.25, 0.3) is 5.91 Å². The van der Waals surface area contributed by atoms with Crippen LogP contribution in [0.3, 0.4) is 0 Å². The molecule has 2 aromatic rings. The summed E-state index contributed by atoms with van der Waals surface area (Å²) in [5.74, 6) is -1.28. The summed E-state index contributed by atoms with van der Waals surface area (Å²) in [7, 11) is -3.49. The smallest absolute Gasteiger partial charge is 0.407 e. The first-order valence-electron chi connectivity index (χ1n) is 13.1. The monoisotopic (exact) mass is 658 g/mol. The predicted molar refractivity (Wildman–Crippen MR) is 147 cm³/mol. The number of nitrogens with one attached hydrogen (secondary N) is 1. The number of carboxylic acid groups (broad SMARTS) is 1. The molecule has 2 N–H and O–H groups in total. The van der Waals surface area contributed by atoms with Crippen LogP contribution in [0.2, 0.25) is 5.02 Å². The van der Waals surface area contributed by atoms with Crippen molar-refractivity contribution in [2.24, 2.45) is 5.41 Å². The fraction of sp³-hybridized carbons (Fsp3) is 0.577. The summed E-state index contributed by atoms with van der Waals surface area (Å²) >= 11 is 6.52. The number of hydrogen-bond donors (Lipinski definition) is 2. The molecule has 17 heteroatoms. The number of amides is 2. The Labute approximate surface area is 250 Å². The molecule has 2 amide bonds. The molecule has 1 aliphatic rings. The number of hydrogen-bond acceptors (Lipinski definition) is 6. The summed E-state index contributed by atoms with van der Waals surface area (Å²) in [5, 5.41) is 15.2. The Kier molecular flexibility index (Phi) is 10.3. The number of aryl methyl sites for hydroxylation is 1. The van der Waals surface area contributed by atoms with Crippen LogP contribution >= 0.6 is 11.6 Å². The molecule has 240 valence electrons. The second kappa shape index (κ2) is 12.8. The van der Waals surface area contributed by atoms with Gasteiger partial charge >= 0.3 is 18.9 Å². The Morgan fingerprint density at radius 2 is 1.88 bits per heavy atom. The minimum atomic E-state index is -4.56. The highest BCUT2D eigenvalue weighted by Crippen LogP contribution is 2.43. The Morgan fingerprint density at radius 3 is 2.42 bits per heavy atom. The van der Waals surface area contributed by atoms with Crippen molar-refractivity contribution in [3.63, 3.8) is 0 Å². The third kappa shape index (κ3) is 7.88. The number of halogens is 6. The molecule has 0 unspecified atom stereocenters. The SMILES string of the molecule is CCn1nc(C(=O)NC[C@@H]2CC[C@@H](S(C)(=O)=O)CN2C(=O)O)c(Cl)c1-c1ccc(CC(C)(C)C(F)(F)F)cc1OC(F)F. The van der Waals surface area contributed by atoms with E-state index >= 15 is 0 Å². The van der Waals surface area contributed by atoms with E-state index in [0.717, 1.165) is 31.1 Å². The third-order valence-electron chi connectivity index (χ3n) is 7.35. The van der Waals surface area contributed by atoms with Crippen LogP contribution in [0.5, 0.6) is 5.75 Å². The molecule has 10 nitrogen and oxygen atoms in total. The van der Waals surface area contributed by atoms with Gasteiger partial charge in [0.1, 0.15) is 5.75 Å². The molecular weight excluding hydrogens is 627 g/mol. The van der Waals surface area contributed by atoms with Crippen molar-refractivity contribution in [3.05, 3.63) is 34.5 Å². The molecular formula is C26H32ClF5N4O6S. The van der Waals surface area contributed by atoms with Gasteiger partial charge in [0.15, 0.2) is 15.5 Å². The number of ether oxygens (including phenoxy) is 1. The maximum Gasteiger partial charge on any atom is 0.407 e.